The van der Waals surface area contributed by atoms with Crippen molar-refractivity contribution in [3.05, 3.63) is 29.8 Å². The summed E-state index contributed by atoms with van der Waals surface area (Å²) in [6.45, 7) is 4.93. The van der Waals surface area contributed by atoms with Gasteiger partial charge in [0.25, 0.3) is 0 Å². The summed E-state index contributed by atoms with van der Waals surface area (Å²) in [5.41, 5.74) is 2.46. The summed E-state index contributed by atoms with van der Waals surface area (Å²) in [6, 6.07) is 8.41. The van der Waals surface area contributed by atoms with Crippen molar-refractivity contribution in [2.75, 3.05) is 18.0 Å². The molecule has 1 rings (SSSR count). The van der Waals surface area contributed by atoms with Crippen molar-refractivity contribution < 1.29 is 0 Å². The minimum atomic E-state index is 0.930. The fourth-order valence-electron chi connectivity index (χ4n) is 1.01. The van der Waals surface area contributed by atoms with Gasteiger partial charge in [0, 0.05) is 18.5 Å². The second-order valence-electron chi connectivity index (χ2n) is 2.53. The third-order valence-corrected chi connectivity index (χ3v) is 1.99. The summed E-state index contributed by atoms with van der Waals surface area (Å²) >= 11 is 1.61. The van der Waals surface area contributed by atoms with Gasteiger partial charge in [-0.2, -0.15) is 0 Å². The van der Waals surface area contributed by atoms with Gasteiger partial charge in [0.05, 0.1) is 0 Å². The van der Waals surface area contributed by atoms with Crippen molar-refractivity contribution in [1.82, 2.24) is 5.32 Å². The number of hydrogen-bond donors (Lipinski definition) is 2. The van der Waals surface area contributed by atoms with E-state index in [0.29, 0.717) is 0 Å². The molecule has 0 fully saturated rings. The van der Waals surface area contributed by atoms with Crippen molar-refractivity contribution in [2.24, 2.45) is 0 Å². The second-order valence-corrected chi connectivity index (χ2v) is 3.15. The third-order valence-electron chi connectivity index (χ3n) is 1.55. The minimum absolute atomic E-state index is 0.930. The van der Waals surface area contributed by atoms with Crippen molar-refractivity contribution in [1.29, 1.82) is 0 Å². The first-order chi connectivity index (χ1) is 6.86. The number of benzene rings is 1. The predicted molar refractivity (Wildman–Crippen MR) is 67.7 cm³/mol. The Balaban J connectivity index is 0.000000791. The molecule has 0 aliphatic carbocycles. The molecule has 0 aromatic heterocycles. The lowest BCUT2D eigenvalue weighted by Gasteiger charge is -2.03. The average molecular weight is 212 g/mol. The molecule has 0 unspecified atom stereocenters. The molecule has 1 aromatic rings. The lowest BCUT2D eigenvalue weighted by molar-refractivity contribution is 0.818. The van der Waals surface area contributed by atoms with E-state index in [2.05, 4.69) is 34.3 Å². The van der Waals surface area contributed by atoms with Gasteiger partial charge in [0.2, 0.25) is 0 Å². The van der Waals surface area contributed by atoms with Crippen LogP contribution in [0.15, 0.2) is 24.3 Å². The Morgan fingerprint density at radius 1 is 1.14 bits per heavy atom. The lowest BCUT2D eigenvalue weighted by atomic mass is 10.2. The Hall–Kier alpha value is -0.670. The minimum Gasteiger partial charge on any atom is -0.330 e. The maximum absolute atomic E-state index is 3.17. The van der Waals surface area contributed by atoms with Crippen LogP contribution >= 0.6 is 11.9 Å². The second kappa shape index (κ2) is 8.91. The summed E-state index contributed by atoms with van der Waals surface area (Å²) in [4.78, 5) is 0. The van der Waals surface area contributed by atoms with E-state index in [0.717, 1.165) is 12.2 Å². The lowest BCUT2D eigenvalue weighted by Crippen LogP contribution is -2.04. The van der Waals surface area contributed by atoms with Crippen LogP contribution in [0.1, 0.15) is 19.4 Å². The van der Waals surface area contributed by atoms with E-state index in [1.807, 2.05) is 27.2 Å². The normalized spacial score (nSPS) is 8.86. The van der Waals surface area contributed by atoms with Gasteiger partial charge in [-0.1, -0.05) is 37.9 Å². The molecule has 0 bridgehead atoms. The van der Waals surface area contributed by atoms with Crippen LogP contribution in [-0.4, -0.2) is 13.3 Å². The van der Waals surface area contributed by atoms with Gasteiger partial charge in [0.1, 0.15) is 0 Å². The highest BCUT2D eigenvalue weighted by Crippen LogP contribution is 2.11. The quantitative estimate of drug-likeness (QED) is 0.750. The maximum Gasteiger partial charge on any atom is 0.0440 e. The van der Waals surface area contributed by atoms with Crippen molar-refractivity contribution in [3.63, 3.8) is 0 Å². The van der Waals surface area contributed by atoms with Crippen LogP contribution in [-0.2, 0) is 6.54 Å². The number of hydrogen-bond acceptors (Lipinski definition) is 3. The van der Waals surface area contributed by atoms with E-state index < -0.39 is 0 Å². The molecule has 2 N–H and O–H groups in total. The maximum atomic E-state index is 3.17. The highest BCUT2D eigenvalue weighted by atomic mass is 32.2. The zero-order chi connectivity index (χ0) is 10.8. The molecule has 3 heteroatoms. The Morgan fingerprint density at radius 3 is 2.14 bits per heavy atom. The van der Waals surface area contributed by atoms with Crippen molar-refractivity contribution in [3.8, 4) is 0 Å². The zero-order valence-electron chi connectivity index (χ0n) is 9.42. The van der Waals surface area contributed by atoms with E-state index in [1.165, 1.54) is 5.56 Å². The summed E-state index contributed by atoms with van der Waals surface area (Å²) in [5, 5.41) is 3.11. The highest BCUT2D eigenvalue weighted by Gasteiger charge is 1.91. The van der Waals surface area contributed by atoms with Crippen LogP contribution in [0.2, 0.25) is 0 Å². The van der Waals surface area contributed by atoms with Crippen molar-refractivity contribution in [2.45, 2.75) is 20.4 Å². The van der Waals surface area contributed by atoms with Gasteiger partial charge in [-0.25, -0.2) is 0 Å². The molecule has 0 saturated heterocycles. The van der Waals surface area contributed by atoms with E-state index in [9.17, 15) is 0 Å². The molecule has 0 amide bonds. The van der Waals surface area contributed by atoms with Crippen LogP contribution in [0.25, 0.3) is 0 Å². The van der Waals surface area contributed by atoms with E-state index in [1.54, 1.807) is 11.9 Å². The van der Waals surface area contributed by atoms with E-state index in [-0.39, 0.29) is 0 Å². The van der Waals surface area contributed by atoms with Gasteiger partial charge in [-0.3, -0.25) is 0 Å². The average Bonchev–Trinajstić information content (AvgIpc) is 2.25. The molecule has 14 heavy (non-hydrogen) atoms. The first-order valence-electron chi connectivity index (χ1n) is 4.89. The number of nitrogens with one attached hydrogen (secondary N) is 2. The first kappa shape index (κ1) is 13.3. The smallest absolute Gasteiger partial charge is 0.0440 e. The number of rotatable bonds is 4. The molecule has 0 atom stereocenters. The summed E-state index contributed by atoms with van der Waals surface area (Å²) in [7, 11) is 1.95. The molecule has 0 aliphatic rings. The fraction of sp³-hybridized carbons (Fsp3) is 0.455. The molecule has 0 heterocycles. The van der Waals surface area contributed by atoms with Crippen LogP contribution < -0.4 is 10.0 Å². The Bertz CT molecular complexity index is 196. The zero-order valence-corrected chi connectivity index (χ0v) is 10.2. The molecular weight excluding hydrogens is 192 g/mol. The molecule has 80 valence electrons. The topological polar surface area (TPSA) is 24.1 Å². The molecular formula is C11H20N2S. The van der Waals surface area contributed by atoms with Crippen LogP contribution in [0.3, 0.4) is 0 Å². The van der Waals surface area contributed by atoms with Gasteiger partial charge < -0.3 is 10.0 Å². The van der Waals surface area contributed by atoms with Crippen LogP contribution in [0.5, 0.6) is 0 Å². The Morgan fingerprint density at radius 2 is 1.71 bits per heavy atom. The van der Waals surface area contributed by atoms with Crippen molar-refractivity contribution >= 4 is 17.6 Å². The van der Waals surface area contributed by atoms with E-state index >= 15 is 0 Å². The van der Waals surface area contributed by atoms with E-state index in [4.69, 9.17) is 0 Å². The number of anilines is 1. The molecule has 0 aliphatic heterocycles. The molecule has 0 saturated carbocycles. The Labute approximate surface area is 91.6 Å². The van der Waals surface area contributed by atoms with Gasteiger partial charge in [0.15, 0.2) is 0 Å². The largest absolute Gasteiger partial charge is 0.330 e. The van der Waals surface area contributed by atoms with Crippen LogP contribution in [0, 0.1) is 0 Å². The highest BCUT2D eigenvalue weighted by molar-refractivity contribution is 7.99. The monoisotopic (exact) mass is 212 g/mol. The molecule has 0 spiro atoms. The standard InChI is InChI=1S/C9H14N2S.C2H6/c1-10-7-8-3-5-9(6-4-8)11-12-2;1-2/h3-6,10-11H,7H2,1-2H3;1-2H3. The van der Waals surface area contributed by atoms with Gasteiger partial charge >= 0.3 is 0 Å². The van der Waals surface area contributed by atoms with Gasteiger partial charge in [-0.05, 0) is 24.7 Å². The summed E-state index contributed by atoms with van der Waals surface area (Å²) in [6.07, 6.45) is 2.02. The predicted octanol–water partition coefficient (Wildman–Crippen LogP) is 3.12. The summed E-state index contributed by atoms with van der Waals surface area (Å²) < 4.78 is 3.17. The van der Waals surface area contributed by atoms with Gasteiger partial charge in [-0.15, -0.1) is 0 Å². The van der Waals surface area contributed by atoms with Crippen LogP contribution in [0.4, 0.5) is 5.69 Å². The summed E-state index contributed by atoms with van der Waals surface area (Å²) in [5.74, 6) is 0. The Kier molecular flexibility index (Phi) is 8.48. The third kappa shape index (κ3) is 5.14. The first-order valence-corrected chi connectivity index (χ1v) is 6.12. The SMILES string of the molecule is CC.CNCc1ccc(NSC)cc1. The molecule has 1 aromatic carbocycles. The molecule has 2 nitrogen and oxygen atoms in total. The fourth-order valence-corrected chi connectivity index (χ4v) is 1.38. The molecule has 0 radical (unpaired) electrons.